The second kappa shape index (κ2) is 7.73. The molecule has 2 fully saturated rings. The van der Waals surface area contributed by atoms with Crippen molar-refractivity contribution >= 4 is 22.5 Å². The van der Waals surface area contributed by atoms with Gasteiger partial charge in [-0.3, -0.25) is 9.67 Å². The molecule has 2 aliphatic rings. The fourth-order valence-corrected chi connectivity index (χ4v) is 5.45. The molecule has 5 heterocycles. The van der Waals surface area contributed by atoms with Gasteiger partial charge in [0.15, 0.2) is 5.82 Å². The number of hydrogen-bond acceptors (Lipinski definition) is 7. The predicted octanol–water partition coefficient (Wildman–Crippen LogP) is 3.49. The fraction of sp³-hybridized carbons (Fsp3) is 0.360. The van der Waals surface area contributed by atoms with Crippen molar-refractivity contribution in [2.45, 2.75) is 38.3 Å². The zero-order valence-electron chi connectivity index (χ0n) is 19.5. The molecule has 1 aromatic carbocycles. The smallest absolute Gasteiger partial charge is 0.221 e. The van der Waals surface area contributed by atoms with Crippen LogP contribution in [0.2, 0.25) is 0 Å². The number of piperazine rings is 1. The lowest BCUT2D eigenvalue weighted by Gasteiger charge is -2.29. The van der Waals surface area contributed by atoms with Crippen molar-refractivity contribution in [3.63, 3.8) is 0 Å². The number of benzene rings is 1. The number of anilines is 2. The standard InChI is InChI=1S/C25H27FN8/c1-13(2)24-18-8-14(4-6-19(18)32-33(24)3)22-21(26)23(31-25(27)30-22)20-7-5-16(10-29-20)34-12-15-9-17(34)11-28-15/h4-8,10,13,15,17,28H,9,11-12H2,1-3H3,(H2,27,30,31)/t15-,17-/m0/s1. The molecular weight excluding hydrogens is 431 g/mol. The van der Waals surface area contributed by atoms with Gasteiger partial charge in [-0.25, -0.2) is 14.4 Å². The van der Waals surface area contributed by atoms with Crippen LogP contribution >= 0.6 is 0 Å². The van der Waals surface area contributed by atoms with E-state index in [9.17, 15) is 0 Å². The molecule has 2 atom stereocenters. The fourth-order valence-electron chi connectivity index (χ4n) is 5.45. The molecule has 0 amide bonds. The van der Waals surface area contributed by atoms with Crippen LogP contribution in [0.25, 0.3) is 33.5 Å². The molecule has 34 heavy (non-hydrogen) atoms. The first-order valence-electron chi connectivity index (χ1n) is 11.7. The highest BCUT2D eigenvalue weighted by molar-refractivity contribution is 5.87. The Balaban J connectivity index is 1.39. The first-order valence-corrected chi connectivity index (χ1v) is 11.7. The summed E-state index contributed by atoms with van der Waals surface area (Å²) in [5.74, 6) is -0.255. The molecule has 9 heteroatoms. The van der Waals surface area contributed by atoms with Gasteiger partial charge in [0.2, 0.25) is 5.95 Å². The van der Waals surface area contributed by atoms with Gasteiger partial charge in [0.25, 0.3) is 0 Å². The van der Waals surface area contributed by atoms with E-state index in [0.717, 1.165) is 41.8 Å². The Morgan fingerprint density at radius 3 is 2.65 bits per heavy atom. The minimum atomic E-state index is -0.534. The molecule has 0 unspecified atom stereocenters. The van der Waals surface area contributed by atoms with Gasteiger partial charge in [0.05, 0.1) is 23.1 Å². The Morgan fingerprint density at radius 2 is 1.97 bits per heavy atom. The van der Waals surface area contributed by atoms with Crippen molar-refractivity contribution in [2.75, 3.05) is 23.7 Å². The second-order valence-electron chi connectivity index (χ2n) is 9.54. The first-order chi connectivity index (χ1) is 16.4. The van der Waals surface area contributed by atoms with E-state index in [0.29, 0.717) is 23.3 Å². The number of aromatic nitrogens is 5. The summed E-state index contributed by atoms with van der Waals surface area (Å²) >= 11 is 0. The third kappa shape index (κ3) is 3.30. The van der Waals surface area contributed by atoms with Crippen LogP contribution in [0.15, 0.2) is 36.5 Å². The molecular formula is C25H27FN8. The number of pyridine rings is 1. The molecule has 2 aliphatic heterocycles. The maximum atomic E-state index is 15.8. The van der Waals surface area contributed by atoms with Gasteiger partial charge in [0, 0.05) is 48.9 Å². The van der Waals surface area contributed by atoms with Crippen molar-refractivity contribution in [3.05, 3.63) is 48.0 Å². The van der Waals surface area contributed by atoms with E-state index in [1.165, 1.54) is 0 Å². The minimum Gasteiger partial charge on any atom is -0.368 e. The van der Waals surface area contributed by atoms with Crippen molar-refractivity contribution in [1.82, 2.24) is 30.0 Å². The summed E-state index contributed by atoms with van der Waals surface area (Å²) in [4.78, 5) is 15.3. The van der Waals surface area contributed by atoms with Crippen molar-refractivity contribution in [2.24, 2.45) is 7.05 Å². The van der Waals surface area contributed by atoms with Crippen LogP contribution < -0.4 is 16.0 Å². The summed E-state index contributed by atoms with van der Waals surface area (Å²) in [6.45, 7) is 6.19. The van der Waals surface area contributed by atoms with Gasteiger partial charge in [-0.1, -0.05) is 19.9 Å². The number of halogens is 1. The highest BCUT2D eigenvalue weighted by atomic mass is 19.1. The van der Waals surface area contributed by atoms with Crippen LogP contribution in [-0.2, 0) is 7.05 Å². The molecule has 0 aliphatic carbocycles. The number of nitrogens with zero attached hydrogens (tertiary/aromatic N) is 6. The van der Waals surface area contributed by atoms with Crippen molar-refractivity contribution in [1.29, 1.82) is 0 Å². The lowest BCUT2D eigenvalue weighted by atomic mass is 10.0. The lowest BCUT2D eigenvalue weighted by molar-refractivity contribution is 0.579. The van der Waals surface area contributed by atoms with Gasteiger partial charge in [-0.2, -0.15) is 5.10 Å². The van der Waals surface area contributed by atoms with E-state index in [-0.39, 0.29) is 23.3 Å². The Morgan fingerprint density at radius 1 is 1.15 bits per heavy atom. The van der Waals surface area contributed by atoms with Gasteiger partial charge >= 0.3 is 0 Å². The molecule has 4 aromatic rings. The average Bonchev–Trinajstić information content (AvgIpc) is 3.53. The molecule has 3 N–H and O–H groups in total. The molecule has 2 bridgehead atoms. The Kier molecular flexibility index (Phi) is 4.77. The molecule has 3 aromatic heterocycles. The predicted molar refractivity (Wildman–Crippen MR) is 131 cm³/mol. The van der Waals surface area contributed by atoms with E-state index in [4.69, 9.17) is 5.73 Å². The maximum Gasteiger partial charge on any atom is 0.221 e. The zero-order valence-corrected chi connectivity index (χ0v) is 19.5. The number of fused-ring (bicyclic) bond motifs is 3. The van der Waals surface area contributed by atoms with Gasteiger partial charge < -0.3 is 16.0 Å². The summed E-state index contributed by atoms with van der Waals surface area (Å²) in [7, 11) is 1.93. The number of hydrogen-bond donors (Lipinski definition) is 2. The van der Waals surface area contributed by atoms with Crippen molar-refractivity contribution < 1.29 is 4.39 Å². The first kappa shape index (κ1) is 21.0. The molecule has 0 radical (unpaired) electrons. The van der Waals surface area contributed by atoms with Crippen LogP contribution in [0.1, 0.15) is 31.9 Å². The van der Waals surface area contributed by atoms with Crippen LogP contribution in [0.5, 0.6) is 0 Å². The Labute approximate surface area is 197 Å². The number of nitrogen functional groups attached to an aromatic ring is 1. The largest absolute Gasteiger partial charge is 0.368 e. The molecule has 6 rings (SSSR count). The Bertz CT molecular complexity index is 1390. The Hall–Kier alpha value is -3.59. The second-order valence-corrected chi connectivity index (χ2v) is 9.54. The molecule has 0 saturated carbocycles. The number of nitrogens with two attached hydrogens (primary N) is 1. The molecule has 8 nitrogen and oxygen atoms in total. The monoisotopic (exact) mass is 458 g/mol. The molecule has 0 spiro atoms. The van der Waals surface area contributed by atoms with E-state index in [1.807, 2.05) is 42.1 Å². The minimum absolute atomic E-state index is 0.00979. The summed E-state index contributed by atoms with van der Waals surface area (Å²) < 4.78 is 17.6. The van der Waals surface area contributed by atoms with E-state index in [2.05, 4.69) is 44.1 Å². The van der Waals surface area contributed by atoms with Crippen LogP contribution in [0.4, 0.5) is 16.0 Å². The van der Waals surface area contributed by atoms with Crippen LogP contribution in [0.3, 0.4) is 0 Å². The quantitative estimate of drug-likeness (QED) is 0.483. The summed E-state index contributed by atoms with van der Waals surface area (Å²) in [6, 6.07) is 10.5. The number of nitrogens with one attached hydrogen (secondary N) is 1. The van der Waals surface area contributed by atoms with E-state index >= 15 is 4.39 Å². The maximum absolute atomic E-state index is 15.8. The summed E-state index contributed by atoms with van der Waals surface area (Å²) in [5.41, 5.74) is 10.3. The zero-order chi connectivity index (χ0) is 23.6. The van der Waals surface area contributed by atoms with Gasteiger partial charge in [-0.15, -0.1) is 0 Å². The SMILES string of the molecule is CC(C)c1c2cc(-c3nc(N)nc(-c4ccc(N5C[C@@H]6C[C@H]5CN6)cn4)c3F)ccc2nn1C. The van der Waals surface area contributed by atoms with Crippen molar-refractivity contribution in [3.8, 4) is 22.6 Å². The summed E-state index contributed by atoms with van der Waals surface area (Å²) in [6.07, 6.45) is 2.95. The average molecular weight is 459 g/mol. The lowest BCUT2D eigenvalue weighted by Crippen LogP contribution is -2.43. The van der Waals surface area contributed by atoms with Gasteiger partial charge in [0.1, 0.15) is 11.4 Å². The number of rotatable bonds is 4. The van der Waals surface area contributed by atoms with Gasteiger partial charge in [-0.05, 0) is 36.6 Å². The highest BCUT2D eigenvalue weighted by Crippen LogP contribution is 2.34. The topological polar surface area (TPSA) is 97.8 Å². The van der Waals surface area contributed by atoms with Crippen LogP contribution in [0, 0.1) is 5.82 Å². The highest BCUT2D eigenvalue weighted by Gasteiger charge is 2.37. The third-order valence-corrected chi connectivity index (χ3v) is 6.95. The molecule has 2 saturated heterocycles. The third-order valence-electron chi connectivity index (χ3n) is 6.95. The molecule has 174 valence electrons. The van der Waals surface area contributed by atoms with Crippen LogP contribution in [-0.4, -0.2) is 49.9 Å². The number of aryl methyl sites for hydroxylation is 1. The normalized spacial score (nSPS) is 19.6. The van der Waals surface area contributed by atoms with E-state index in [1.54, 1.807) is 6.20 Å². The summed E-state index contributed by atoms with van der Waals surface area (Å²) in [5, 5.41) is 9.06. The van der Waals surface area contributed by atoms with E-state index < -0.39 is 5.82 Å².